The lowest BCUT2D eigenvalue weighted by atomic mass is 10.2. The van der Waals surface area contributed by atoms with Crippen LogP contribution in [0.15, 0.2) is 30.6 Å². The van der Waals surface area contributed by atoms with Gasteiger partial charge in [0.15, 0.2) is 5.75 Å². The first-order chi connectivity index (χ1) is 9.61. The summed E-state index contributed by atoms with van der Waals surface area (Å²) in [5.74, 6) is 1.02. The average Bonchev–Trinajstić information content (AvgIpc) is 2.84. The number of aromatic nitrogens is 2. The van der Waals surface area contributed by atoms with E-state index >= 15 is 0 Å². The van der Waals surface area contributed by atoms with Crippen molar-refractivity contribution >= 4 is 5.69 Å². The van der Waals surface area contributed by atoms with Crippen LogP contribution in [0.25, 0.3) is 0 Å². The SMILES string of the molecule is Cc1nccn1CCOc1cc(CO)ccc1[N+](=O)[O-]. The maximum atomic E-state index is 10.9. The first-order valence-electron chi connectivity index (χ1n) is 6.10. The molecule has 0 spiro atoms. The van der Waals surface area contributed by atoms with Crippen molar-refractivity contribution in [2.45, 2.75) is 20.1 Å². The van der Waals surface area contributed by atoms with Crippen LogP contribution in [0.1, 0.15) is 11.4 Å². The third-order valence-corrected chi connectivity index (χ3v) is 2.92. The number of ether oxygens (including phenoxy) is 1. The molecule has 0 saturated carbocycles. The molecule has 2 aromatic rings. The molecular weight excluding hydrogens is 262 g/mol. The predicted molar refractivity (Wildman–Crippen MR) is 71.5 cm³/mol. The van der Waals surface area contributed by atoms with Crippen LogP contribution in [0, 0.1) is 17.0 Å². The molecule has 1 heterocycles. The second-order valence-electron chi connectivity index (χ2n) is 4.23. The Morgan fingerprint density at radius 1 is 1.50 bits per heavy atom. The molecule has 106 valence electrons. The Balaban J connectivity index is 2.07. The van der Waals surface area contributed by atoms with Crippen LogP contribution in [0.5, 0.6) is 5.75 Å². The van der Waals surface area contributed by atoms with Gasteiger partial charge >= 0.3 is 5.69 Å². The maximum absolute atomic E-state index is 10.9. The second-order valence-corrected chi connectivity index (χ2v) is 4.23. The van der Waals surface area contributed by atoms with Crippen molar-refractivity contribution in [1.29, 1.82) is 0 Å². The second kappa shape index (κ2) is 6.16. The zero-order valence-electron chi connectivity index (χ0n) is 11.0. The topological polar surface area (TPSA) is 90.4 Å². The summed E-state index contributed by atoms with van der Waals surface area (Å²) in [5, 5.41) is 20.0. The van der Waals surface area contributed by atoms with Crippen molar-refractivity contribution in [2.24, 2.45) is 0 Å². The van der Waals surface area contributed by atoms with E-state index in [0.717, 1.165) is 5.82 Å². The van der Waals surface area contributed by atoms with E-state index in [2.05, 4.69) is 4.98 Å². The lowest BCUT2D eigenvalue weighted by Gasteiger charge is -2.09. The molecular formula is C13H15N3O4. The van der Waals surface area contributed by atoms with Crippen molar-refractivity contribution in [2.75, 3.05) is 6.61 Å². The lowest BCUT2D eigenvalue weighted by molar-refractivity contribution is -0.385. The molecule has 2 rings (SSSR count). The van der Waals surface area contributed by atoms with Crippen molar-refractivity contribution in [3.8, 4) is 5.75 Å². The zero-order chi connectivity index (χ0) is 14.5. The number of aliphatic hydroxyl groups is 1. The largest absolute Gasteiger partial charge is 0.485 e. The lowest BCUT2D eigenvalue weighted by Crippen LogP contribution is -2.09. The fraction of sp³-hybridized carbons (Fsp3) is 0.308. The minimum Gasteiger partial charge on any atom is -0.485 e. The molecule has 0 radical (unpaired) electrons. The summed E-state index contributed by atoms with van der Waals surface area (Å²) in [7, 11) is 0. The van der Waals surface area contributed by atoms with Gasteiger partial charge < -0.3 is 14.4 Å². The Hall–Kier alpha value is -2.41. The Morgan fingerprint density at radius 2 is 2.30 bits per heavy atom. The van der Waals surface area contributed by atoms with Crippen molar-refractivity contribution in [3.05, 3.63) is 52.1 Å². The summed E-state index contributed by atoms with van der Waals surface area (Å²) in [6.45, 7) is 2.52. The number of aryl methyl sites for hydroxylation is 1. The van der Waals surface area contributed by atoms with Gasteiger partial charge in [-0.1, -0.05) is 0 Å². The summed E-state index contributed by atoms with van der Waals surface area (Å²) in [6, 6.07) is 4.33. The fourth-order valence-corrected chi connectivity index (χ4v) is 1.82. The average molecular weight is 277 g/mol. The van der Waals surface area contributed by atoms with Gasteiger partial charge in [-0.25, -0.2) is 4.98 Å². The monoisotopic (exact) mass is 277 g/mol. The molecule has 0 aliphatic rings. The standard InChI is InChI=1S/C13H15N3O4/c1-10-14-4-5-15(10)6-7-20-13-8-11(9-17)2-3-12(13)16(18)19/h2-5,8,17H,6-7,9H2,1H3. The molecule has 7 heteroatoms. The van der Waals surface area contributed by atoms with E-state index in [4.69, 9.17) is 9.84 Å². The summed E-state index contributed by atoms with van der Waals surface area (Å²) >= 11 is 0. The highest BCUT2D eigenvalue weighted by molar-refractivity contribution is 5.48. The molecule has 0 saturated heterocycles. The molecule has 0 aliphatic carbocycles. The third kappa shape index (κ3) is 3.12. The van der Waals surface area contributed by atoms with Crippen LogP contribution in [-0.4, -0.2) is 26.2 Å². The van der Waals surface area contributed by atoms with Crippen molar-refractivity contribution in [3.63, 3.8) is 0 Å². The van der Waals surface area contributed by atoms with Gasteiger partial charge in [0.25, 0.3) is 0 Å². The Bertz CT molecular complexity index is 609. The van der Waals surface area contributed by atoms with Crippen LogP contribution in [-0.2, 0) is 13.2 Å². The number of nitro groups is 1. The number of aliphatic hydroxyl groups excluding tert-OH is 1. The van der Waals surface area contributed by atoms with Crippen LogP contribution >= 0.6 is 0 Å². The van der Waals surface area contributed by atoms with Gasteiger partial charge in [-0.15, -0.1) is 0 Å². The van der Waals surface area contributed by atoms with Crippen LogP contribution in [0.3, 0.4) is 0 Å². The number of nitro benzene ring substituents is 1. The maximum Gasteiger partial charge on any atom is 0.310 e. The third-order valence-electron chi connectivity index (χ3n) is 2.92. The number of nitrogens with zero attached hydrogens (tertiary/aromatic N) is 3. The number of hydrogen-bond donors (Lipinski definition) is 1. The van der Waals surface area contributed by atoms with E-state index in [1.165, 1.54) is 18.2 Å². The molecule has 0 bridgehead atoms. The number of imidazole rings is 1. The molecule has 0 unspecified atom stereocenters. The first kappa shape index (κ1) is 14.0. The van der Waals surface area contributed by atoms with Crippen molar-refractivity contribution < 1.29 is 14.8 Å². The molecule has 0 aliphatic heterocycles. The fourth-order valence-electron chi connectivity index (χ4n) is 1.82. The van der Waals surface area contributed by atoms with E-state index < -0.39 is 4.92 Å². The van der Waals surface area contributed by atoms with Crippen molar-refractivity contribution in [1.82, 2.24) is 9.55 Å². The van der Waals surface area contributed by atoms with Gasteiger partial charge in [-0.05, 0) is 24.6 Å². The van der Waals surface area contributed by atoms with Gasteiger partial charge in [0, 0.05) is 18.5 Å². The van der Waals surface area contributed by atoms with Gasteiger partial charge in [0.2, 0.25) is 0 Å². The highest BCUT2D eigenvalue weighted by Crippen LogP contribution is 2.28. The van der Waals surface area contributed by atoms with E-state index in [9.17, 15) is 10.1 Å². The summed E-state index contributed by atoms with van der Waals surface area (Å²) in [6.07, 6.45) is 3.50. The highest BCUT2D eigenvalue weighted by atomic mass is 16.6. The number of benzene rings is 1. The Kier molecular flexibility index (Phi) is 4.31. The minimum atomic E-state index is -0.501. The molecule has 7 nitrogen and oxygen atoms in total. The van der Waals surface area contributed by atoms with Gasteiger partial charge in [-0.2, -0.15) is 0 Å². The zero-order valence-corrected chi connectivity index (χ0v) is 11.0. The summed E-state index contributed by atoms with van der Waals surface area (Å²) < 4.78 is 7.36. The van der Waals surface area contributed by atoms with E-state index in [1.807, 2.05) is 17.7 Å². The summed E-state index contributed by atoms with van der Waals surface area (Å²) in [4.78, 5) is 14.5. The Morgan fingerprint density at radius 3 is 2.90 bits per heavy atom. The quantitative estimate of drug-likeness (QED) is 0.640. The minimum absolute atomic E-state index is 0.107. The molecule has 0 atom stereocenters. The van der Waals surface area contributed by atoms with E-state index in [1.54, 1.807) is 6.20 Å². The molecule has 20 heavy (non-hydrogen) atoms. The van der Waals surface area contributed by atoms with Gasteiger partial charge in [0.05, 0.1) is 18.1 Å². The van der Waals surface area contributed by atoms with Crippen LogP contribution < -0.4 is 4.74 Å². The first-order valence-corrected chi connectivity index (χ1v) is 6.10. The highest BCUT2D eigenvalue weighted by Gasteiger charge is 2.15. The van der Waals surface area contributed by atoms with Crippen LogP contribution in [0.2, 0.25) is 0 Å². The molecule has 0 amide bonds. The number of hydrogen-bond acceptors (Lipinski definition) is 5. The van der Waals surface area contributed by atoms with Gasteiger partial charge in [-0.3, -0.25) is 10.1 Å². The predicted octanol–water partition coefficient (Wildman–Crippen LogP) is 1.67. The molecule has 0 fully saturated rings. The van der Waals surface area contributed by atoms with E-state index in [-0.39, 0.29) is 24.7 Å². The van der Waals surface area contributed by atoms with Crippen LogP contribution in [0.4, 0.5) is 5.69 Å². The molecule has 1 N–H and O–H groups in total. The normalized spacial score (nSPS) is 10.5. The smallest absolute Gasteiger partial charge is 0.310 e. The number of rotatable bonds is 6. The van der Waals surface area contributed by atoms with E-state index in [0.29, 0.717) is 12.1 Å². The Labute approximate surface area is 115 Å². The van der Waals surface area contributed by atoms with Gasteiger partial charge in [0.1, 0.15) is 12.4 Å². The summed E-state index contributed by atoms with van der Waals surface area (Å²) in [5.41, 5.74) is 0.467. The molecule has 1 aromatic carbocycles. The molecule has 1 aromatic heterocycles.